The van der Waals surface area contributed by atoms with E-state index >= 15 is 0 Å². The van der Waals surface area contributed by atoms with Gasteiger partial charge in [0.25, 0.3) is 0 Å². The molecule has 0 bridgehead atoms. The first-order chi connectivity index (χ1) is 7.63. The summed E-state index contributed by atoms with van der Waals surface area (Å²) < 4.78 is 0. The van der Waals surface area contributed by atoms with Crippen molar-refractivity contribution < 1.29 is 4.79 Å². The van der Waals surface area contributed by atoms with Gasteiger partial charge in [0.2, 0.25) is 0 Å². The summed E-state index contributed by atoms with van der Waals surface area (Å²) >= 11 is 0. The van der Waals surface area contributed by atoms with E-state index < -0.39 is 0 Å². The van der Waals surface area contributed by atoms with Gasteiger partial charge < -0.3 is 0 Å². The van der Waals surface area contributed by atoms with Gasteiger partial charge in [-0.2, -0.15) is 0 Å². The molecule has 1 aliphatic carbocycles. The Bertz CT molecular complexity index is 215. The van der Waals surface area contributed by atoms with Crippen molar-refractivity contribution in [3.8, 4) is 0 Å². The molecule has 0 aromatic carbocycles. The largest absolute Gasteiger partial charge is 0.298 e. The molecule has 16 heavy (non-hydrogen) atoms. The first-order valence-corrected chi connectivity index (χ1v) is 6.84. The Morgan fingerprint density at radius 3 is 2.12 bits per heavy atom. The molecule has 0 aromatic rings. The van der Waals surface area contributed by atoms with Crippen LogP contribution in [-0.2, 0) is 4.79 Å². The summed E-state index contributed by atoms with van der Waals surface area (Å²) in [4.78, 5) is 14.6. The monoisotopic (exact) mass is 225 g/mol. The number of hydrogen-bond donors (Lipinski definition) is 0. The van der Waals surface area contributed by atoms with Crippen LogP contribution >= 0.6 is 0 Å². The summed E-state index contributed by atoms with van der Waals surface area (Å²) in [6, 6.07) is 0. The number of carbonyl (C=O) groups excluding carboxylic acids is 1. The zero-order valence-electron chi connectivity index (χ0n) is 11.2. The maximum Gasteiger partial charge on any atom is 0.153 e. The summed E-state index contributed by atoms with van der Waals surface area (Å²) in [6.07, 6.45) is 10.1. The number of nitrogens with zero attached hydrogens (tertiary/aromatic N) is 1. The molecular weight excluding hydrogens is 198 g/mol. The van der Waals surface area contributed by atoms with Crippen molar-refractivity contribution in [3.05, 3.63) is 0 Å². The molecule has 0 N–H and O–H groups in total. The van der Waals surface area contributed by atoms with Gasteiger partial charge in [0.1, 0.15) is 0 Å². The first-order valence-electron chi connectivity index (χ1n) is 6.84. The highest BCUT2D eigenvalue weighted by Gasteiger charge is 2.39. The SMILES string of the molecule is CCCCC(=O)C1(N(C)C)CCCCCC1. The van der Waals surface area contributed by atoms with Gasteiger partial charge in [-0.3, -0.25) is 9.69 Å². The summed E-state index contributed by atoms with van der Waals surface area (Å²) in [6.45, 7) is 2.16. The van der Waals surface area contributed by atoms with E-state index in [2.05, 4.69) is 25.9 Å². The molecule has 0 unspecified atom stereocenters. The van der Waals surface area contributed by atoms with Crippen LogP contribution in [0.15, 0.2) is 0 Å². The van der Waals surface area contributed by atoms with Crippen LogP contribution < -0.4 is 0 Å². The molecule has 1 aliphatic rings. The Kier molecular flexibility index (Phi) is 5.47. The third-order valence-electron chi connectivity index (χ3n) is 4.06. The molecule has 1 saturated carbocycles. The van der Waals surface area contributed by atoms with E-state index in [0.29, 0.717) is 5.78 Å². The van der Waals surface area contributed by atoms with Crippen LogP contribution in [0.3, 0.4) is 0 Å². The van der Waals surface area contributed by atoms with Crippen molar-refractivity contribution in [2.75, 3.05) is 14.1 Å². The standard InChI is InChI=1S/C14H27NO/c1-4-5-10-13(16)14(15(2)3)11-8-6-7-9-12-14/h4-12H2,1-3H3. The van der Waals surface area contributed by atoms with Crippen molar-refractivity contribution in [3.63, 3.8) is 0 Å². The summed E-state index contributed by atoms with van der Waals surface area (Å²) in [5.74, 6) is 0.487. The predicted octanol–water partition coefficient (Wildman–Crippen LogP) is 3.40. The first kappa shape index (κ1) is 13.7. The maximum atomic E-state index is 12.4. The number of Topliss-reactive ketones (excluding diaryl/α,β-unsaturated/α-hetero) is 1. The molecule has 2 heteroatoms. The van der Waals surface area contributed by atoms with Crippen molar-refractivity contribution in [2.24, 2.45) is 0 Å². The van der Waals surface area contributed by atoms with Gasteiger partial charge in [-0.15, -0.1) is 0 Å². The predicted molar refractivity (Wildman–Crippen MR) is 68.7 cm³/mol. The van der Waals surface area contributed by atoms with Gasteiger partial charge in [0, 0.05) is 6.42 Å². The molecule has 0 aromatic heterocycles. The van der Waals surface area contributed by atoms with E-state index in [0.717, 1.165) is 32.1 Å². The summed E-state index contributed by atoms with van der Waals surface area (Å²) in [7, 11) is 4.16. The van der Waals surface area contributed by atoms with Crippen LogP contribution in [0, 0.1) is 0 Å². The van der Waals surface area contributed by atoms with Gasteiger partial charge in [-0.1, -0.05) is 39.0 Å². The topological polar surface area (TPSA) is 20.3 Å². The molecule has 0 spiro atoms. The lowest BCUT2D eigenvalue weighted by Crippen LogP contribution is -2.50. The fraction of sp³-hybridized carbons (Fsp3) is 0.929. The highest BCUT2D eigenvalue weighted by molar-refractivity contribution is 5.88. The molecule has 1 rings (SSSR count). The van der Waals surface area contributed by atoms with Crippen molar-refractivity contribution in [1.82, 2.24) is 4.90 Å². The average molecular weight is 225 g/mol. The molecule has 0 radical (unpaired) electrons. The van der Waals surface area contributed by atoms with Gasteiger partial charge in [0.05, 0.1) is 5.54 Å². The van der Waals surface area contributed by atoms with Crippen molar-refractivity contribution >= 4 is 5.78 Å². The van der Waals surface area contributed by atoms with Gasteiger partial charge in [-0.05, 0) is 33.4 Å². The second-order valence-corrected chi connectivity index (χ2v) is 5.37. The molecule has 94 valence electrons. The number of rotatable bonds is 5. The number of carbonyl (C=O) groups is 1. The van der Waals surface area contributed by atoms with Crippen LogP contribution in [0.4, 0.5) is 0 Å². The van der Waals surface area contributed by atoms with Gasteiger partial charge in [0.15, 0.2) is 5.78 Å². The van der Waals surface area contributed by atoms with Gasteiger partial charge in [-0.25, -0.2) is 0 Å². The minimum absolute atomic E-state index is 0.133. The fourth-order valence-corrected chi connectivity index (χ4v) is 2.86. The van der Waals surface area contributed by atoms with Gasteiger partial charge >= 0.3 is 0 Å². The van der Waals surface area contributed by atoms with Crippen LogP contribution in [0.25, 0.3) is 0 Å². The number of unbranched alkanes of at least 4 members (excludes halogenated alkanes) is 1. The van der Waals surface area contributed by atoms with Crippen LogP contribution in [-0.4, -0.2) is 30.3 Å². The Hall–Kier alpha value is -0.370. The van der Waals surface area contributed by atoms with E-state index in [1.54, 1.807) is 0 Å². The number of likely N-dealkylation sites (N-methyl/N-ethyl adjacent to an activating group) is 1. The summed E-state index contributed by atoms with van der Waals surface area (Å²) in [5, 5.41) is 0. The average Bonchev–Trinajstić information content (AvgIpc) is 2.52. The third kappa shape index (κ3) is 3.07. The third-order valence-corrected chi connectivity index (χ3v) is 4.06. The Morgan fingerprint density at radius 2 is 1.69 bits per heavy atom. The van der Waals surface area contributed by atoms with Crippen LogP contribution in [0.2, 0.25) is 0 Å². The lowest BCUT2D eigenvalue weighted by atomic mass is 9.82. The Balaban J connectivity index is 2.73. The quantitative estimate of drug-likeness (QED) is 0.668. The fourth-order valence-electron chi connectivity index (χ4n) is 2.86. The van der Waals surface area contributed by atoms with Crippen molar-refractivity contribution in [2.45, 2.75) is 70.3 Å². The molecule has 0 amide bonds. The smallest absolute Gasteiger partial charge is 0.153 e. The second kappa shape index (κ2) is 6.39. The molecule has 1 fully saturated rings. The van der Waals surface area contributed by atoms with E-state index in [9.17, 15) is 4.79 Å². The van der Waals surface area contributed by atoms with Crippen molar-refractivity contribution in [1.29, 1.82) is 0 Å². The Labute approximate surface area is 100 Å². The van der Waals surface area contributed by atoms with E-state index in [4.69, 9.17) is 0 Å². The normalized spacial score (nSPS) is 20.8. The highest BCUT2D eigenvalue weighted by Crippen LogP contribution is 2.33. The maximum absolute atomic E-state index is 12.4. The van der Waals surface area contributed by atoms with Crippen LogP contribution in [0.5, 0.6) is 0 Å². The van der Waals surface area contributed by atoms with E-state index in [1.165, 1.54) is 25.7 Å². The molecule has 0 heterocycles. The number of ketones is 1. The van der Waals surface area contributed by atoms with E-state index in [1.807, 2.05) is 0 Å². The number of hydrogen-bond acceptors (Lipinski definition) is 2. The minimum atomic E-state index is -0.133. The molecule has 0 atom stereocenters. The lowest BCUT2D eigenvalue weighted by molar-refractivity contribution is -0.130. The zero-order valence-corrected chi connectivity index (χ0v) is 11.2. The lowest BCUT2D eigenvalue weighted by Gasteiger charge is -2.38. The molecule has 2 nitrogen and oxygen atoms in total. The second-order valence-electron chi connectivity index (χ2n) is 5.37. The Morgan fingerprint density at radius 1 is 1.12 bits per heavy atom. The highest BCUT2D eigenvalue weighted by atomic mass is 16.1. The molecule has 0 saturated heterocycles. The molecular formula is C14H27NO. The summed E-state index contributed by atoms with van der Waals surface area (Å²) in [5.41, 5.74) is -0.133. The van der Waals surface area contributed by atoms with Crippen LogP contribution in [0.1, 0.15) is 64.7 Å². The zero-order chi connectivity index (χ0) is 12.0. The molecule has 0 aliphatic heterocycles. The minimum Gasteiger partial charge on any atom is -0.298 e. The van der Waals surface area contributed by atoms with E-state index in [-0.39, 0.29) is 5.54 Å².